The third-order valence-corrected chi connectivity index (χ3v) is 3.09. The number of carbonyl (C=O) groups is 1. The summed E-state index contributed by atoms with van der Waals surface area (Å²) in [7, 11) is 0. The number of carboxylic acids is 1. The standard InChI is InChI=1S/C13H20N2O2/c1-9(2)6-11-10(7-12(16)17)8-15-5-3-4-14-13(11)15/h8-9,14H,3-7H2,1-2H3,(H,16,17). The summed E-state index contributed by atoms with van der Waals surface area (Å²) < 4.78 is 2.17. The maximum Gasteiger partial charge on any atom is 0.307 e. The zero-order valence-corrected chi connectivity index (χ0v) is 10.5. The fourth-order valence-electron chi connectivity index (χ4n) is 2.45. The Morgan fingerprint density at radius 3 is 3.00 bits per heavy atom. The molecule has 0 spiro atoms. The van der Waals surface area contributed by atoms with Gasteiger partial charge in [-0.15, -0.1) is 0 Å². The van der Waals surface area contributed by atoms with Crippen molar-refractivity contribution in [2.75, 3.05) is 11.9 Å². The van der Waals surface area contributed by atoms with Crippen molar-refractivity contribution in [1.29, 1.82) is 0 Å². The molecule has 94 valence electrons. The molecule has 4 heteroatoms. The number of fused-ring (bicyclic) bond motifs is 1. The normalized spacial score (nSPS) is 14.5. The summed E-state index contributed by atoms with van der Waals surface area (Å²) in [5.41, 5.74) is 2.16. The van der Waals surface area contributed by atoms with Crippen molar-refractivity contribution in [3.05, 3.63) is 17.3 Å². The molecular formula is C13H20N2O2. The molecule has 0 aliphatic carbocycles. The van der Waals surface area contributed by atoms with E-state index < -0.39 is 5.97 Å². The molecule has 0 saturated carbocycles. The lowest BCUT2D eigenvalue weighted by Crippen LogP contribution is -2.17. The Morgan fingerprint density at radius 1 is 1.59 bits per heavy atom. The molecule has 0 atom stereocenters. The molecule has 1 aromatic heterocycles. The maximum atomic E-state index is 10.9. The number of nitrogens with one attached hydrogen (secondary N) is 1. The molecule has 2 heterocycles. The van der Waals surface area contributed by atoms with Crippen LogP contribution in [0.5, 0.6) is 0 Å². The second kappa shape index (κ2) is 4.82. The third kappa shape index (κ3) is 2.62. The van der Waals surface area contributed by atoms with Crippen LogP contribution in [0.3, 0.4) is 0 Å². The quantitative estimate of drug-likeness (QED) is 0.842. The minimum Gasteiger partial charge on any atom is -0.481 e. The summed E-state index contributed by atoms with van der Waals surface area (Å²) in [5.74, 6) is 0.928. The van der Waals surface area contributed by atoms with Crippen LogP contribution in [0.15, 0.2) is 6.20 Å². The number of carboxylic acid groups (broad SMARTS) is 1. The van der Waals surface area contributed by atoms with E-state index in [-0.39, 0.29) is 6.42 Å². The Kier molecular flexibility index (Phi) is 3.41. The Morgan fingerprint density at radius 2 is 2.35 bits per heavy atom. The molecule has 2 rings (SSSR count). The zero-order chi connectivity index (χ0) is 12.4. The Bertz CT molecular complexity index is 421. The molecule has 4 nitrogen and oxygen atoms in total. The zero-order valence-electron chi connectivity index (χ0n) is 10.5. The highest BCUT2D eigenvalue weighted by molar-refractivity contribution is 5.72. The van der Waals surface area contributed by atoms with E-state index in [0.29, 0.717) is 5.92 Å². The topological polar surface area (TPSA) is 54.3 Å². The number of aliphatic carboxylic acids is 1. The van der Waals surface area contributed by atoms with Crippen LogP contribution >= 0.6 is 0 Å². The second-order valence-corrected chi connectivity index (χ2v) is 5.12. The van der Waals surface area contributed by atoms with E-state index in [1.807, 2.05) is 6.20 Å². The van der Waals surface area contributed by atoms with Gasteiger partial charge in [0.2, 0.25) is 0 Å². The number of nitrogens with zero attached hydrogens (tertiary/aromatic N) is 1. The Hall–Kier alpha value is -1.45. The molecule has 0 bridgehead atoms. The molecule has 0 aromatic carbocycles. The van der Waals surface area contributed by atoms with E-state index in [1.165, 1.54) is 5.56 Å². The molecule has 0 unspecified atom stereocenters. The van der Waals surface area contributed by atoms with Crippen LogP contribution < -0.4 is 5.32 Å². The van der Waals surface area contributed by atoms with Crippen molar-refractivity contribution in [3.8, 4) is 0 Å². The Labute approximate surface area is 102 Å². The fraction of sp³-hybridized carbons (Fsp3) is 0.615. The summed E-state index contributed by atoms with van der Waals surface area (Å²) in [6.07, 6.45) is 4.18. The van der Waals surface area contributed by atoms with E-state index in [0.717, 1.165) is 37.3 Å². The van der Waals surface area contributed by atoms with Gasteiger partial charge >= 0.3 is 5.97 Å². The smallest absolute Gasteiger partial charge is 0.307 e. The van der Waals surface area contributed by atoms with Crippen molar-refractivity contribution in [2.24, 2.45) is 5.92 Å². The van der Waals surface area contributed by atoms with Crippen LogP contribution in [-0.4, -0.2) is 22.2 Å². The van der Waals surface area contributed by atoms with Gasteiger partial charge in [-0.1, -0.05) is 13.8 Å². The lowest BCUT2D eigenvalue weighted by atomic mass is 9.99. The van der Waals surface area contributed by atoms with E-state index in [2.05, 4.69) is 23.7 Å². The molecule has 0 radical (unpaired) electrons. The van der Waals surface area contributed by atoms with Crippen molar-refractivity contribution < 1.29 is 9.90 Å². The van der Waals surface area contributed by atoms with Crippen molar-refractivity contribution in [1.82, 2.24) is 4.57 Å². The fourth-order valence-corrected chi connectivity index (χ4v) is 2.45. The van der Waals surface area contributed by atoms with Gasteiger partial charge in [-0.3, -0.25) is 4.79 Å². The SMILES string of the molecule is CC(C)Cc1c(CC(=O)O)cn2c1NCCC2. The summed E-state index contributed by atoms with van der Waals surface area (Å²) >= 11 is 0. The molecule has 2 N–H and O–H groups in total. The van der Waals surface area contributed by atoms with Gasteiger partial charge in [0.05, 0.1) is 6.42 Å². The third-order valence-electron chi connectivity index (χ3n) is 3.09. The molecule has 0 fully saturated rings. The molecule has 1 aliphatic heterocycles. The highest BCUT2D eigenvalue weighted by Gasteiger charge is 2.20. The van der Waals surface area contributed by atoms with Gasteiger partial charge < -0.3 is 15.0 Å². The average molecular weight is 236 g/mol. The summed E-state index contributed by atoms with van der Waals surface area (Å²) in [5, 5.41) is 12.4. The van der Waals surface area contributed by atoms with Crippen LogP contribution in [-0.2, 0) is 24.2 Å². The second-order valence-electron chi connectivity index (χ2n) is 5.12. The van der Waals surface area contributed by atoms with Gasteiger partial charge in [-0.25, -0.2) is 0 Å². The highest BCUT2D eigenvalue weighted by Crippen LogP contribution is 2.28. The summed E-state index contributed by atoms with van der Waals surface area (Å²) in [6.45, 7) is 6.31. The van der Waals surface area contributed by atoms with E-state index in [1.54, 1.807) is 0 Å². The van der Waals surface area contributed by atoms with Crippen molar-refractivity contribution in [3.63, 3.8) is 0 Å². The van der Waals surface area contributed by atoms with Gasteiger partial charge in [0.1, 0.15) is 5.82 Å². The minimum absolute atomic E-state index is 0.129. The molecule has 0 saturated heterocycles. The lowest BCUT2D eigenvalue weighted by Gasteiger charge is -2.19. The van der Waals surface area contributed by atoms with Crippen molar-refractivity contribution >= 4 is 11.8 Å². The number of aryl methyl sites for hydroxylation is 1. The minimum atomic E-state index is -0.752. The number of hydrogen-bond acceptors (Lipinski definition) is 2. The lowest BCUT2D eigenvalue weighted by molar-refractivity contribution is -0.136. The van der Waals surface area contributed by atoms with Gasteiger partial charge in [0.15, 0.2) is 0 Å². The number of anilines is 1. The predicted octanol–water partition coefficient (Wildman–Crippen LogP) is 2.13. The van der Waals surface area contributed by atoms with Crippen LogP contribution in [0.25, 0.3) is 0 Å². The van der Waals surface area contributed by atoms with Crippen LogP contribution in [0, 0.1) is 5.92 Å². The first-order chi connectivity index (χ1) is 8.08. The van der Waals surface area contributed by atoms with Gasteiger partial charge in [-0.05, 0) is 29.9 Å². The van der Waals surface area contributed by atoms with E-state index in [4.69, 9.17) is 5.11 Å². The van der Waals surface area contributed by atoms with Gasteiger partial charge in [-0.2, -0.15) is 0 Å². The molecule has 0 amide bonds. The first-order valence-corrected chi connectivity index (χ1v) is 6.24. The number of aromatic nitrogens is 1. The summed E-state index contributed by atoms with van der Waals surface area (Å²) in [6, 6.07) is 0. The van der Waals surface area contributed by atoms with Crippen molar-refractivity contribution in [2.45, 2.75) is 39.7 Å². The number of rotatable bonds is 4. The van der Waals surface area contributed by atoms with Gasteiger partial charge in [0, 0.05) is 19.3 Å². The first kappa shape index (κ1) is 12.0. The predicted molar refractivity (Wildman–Crippen MR) is 67.4 cm³/mol. The van der Waals surface area contributed by atoms with E-state index >= 15 is 0 Å². The first-order valence-electron chi connectivity index (χ1n) is 6.24. The molecule has 17 heavy (non-hydrogen) atoms. The van der Waals surface area contributed by atoms with Crippen LogP contribution in [0.1, 0.15) is 31.4 Å². The highest BCUT2D eigenvalue weighted by atomic mass is 16.4. The van der Waals surface area contributed by atoms with Gasteiger partial charge in [0.25, 0.3) is 0 Å². The molecular weight excluding hydrogens is 216 g/mol. The summed E-state index contributed by atoms with van der Waals surface area (Å²) in [4.78, 5) is 10.9. The molecule has 1 aromatic rings. The maximum absolute atomic E-state index is 10.9. The molecule has 1 aliphatic rings. The number of hydrogen-bond donors (Lipinski definition) is 2. The van der Waals surface area contributed by atoms with Crippen LogP contribution in [0.2, 0.25) is 0 Å². The monoisotopic (exact) mass is 236 g/mol. The Balaban J connectivity index is 2.35. The average Bonchev–Trinajstić information content (AvgIpc) is 2.55. The van der Waals surface area contributed by atoms with Crippen LogP contribution in [0.4, 0.5) is 5.82 Å². The largest absolute Gasteiger partial charge is 0.481 e. The van der Waals surface area contributed by atoms with E-state index in [9.17, 15) is 4.79 Å².